The molecule has 0 spiro atoms. The number of benzene rings is 2. The second-order valence-electron chi connectivity index (χ2n) is 8.51. The number of rotatable bonds is 1. The second-order valence-corrected chi connectivity index (χ2v) is 10.5. The maximum absolute atomic E-state index is 13.5. The van der Waals surface area contributed by atoms with Gasteiger partial charge in [-0.2, -0.15) is 0 Å². The van der Waals surface area contributed by atoms with E-state index in [-0.39, 0.29) is 21.5 Å². The van der Waals surface area contributed by atoms with E-state index in [1.807, 2.05) is 6.07 Å². The predicted molar refractivity (Wildman–Crippen MR) is 103 cm³/mol. The fourth-order valence-electron chi connectivity index (χ4n) is 4.16. The van der Waals surface area contributed by atoms with E-state index in [0.29, 0.717) is 0 Å². The van der Waals surface area contributed by atoms with Crippen LogP contribution in [-0.2, 0) is 10.8 Å². The Bertz CT molecular complexity index is 772. The molecule has 0 saturated carbocycles. The van der Waals surface area contributed by atoms with Crippen LogP contribution in [0.15, 0.2) is 59.5 Å². The Morgan fingerprint density at radius 3 is 1.96 bits per heavy atom. The summed E-state index contributed by atoms with van der Waals surface area (Å²) in [7, 11) is -1.05. The third kappa shape index (κ3) is 2.23. The standard InChI is InChI=1S/C22H28OS/c1-20(2)19(16-12-8-7-9-13-16)17-14-10-11-15-18(17)24(23)22(5,6)21(20,3)4/h7-15,19H,1-6H3. The highest BCUT2D eigenvalue weighted by Crippen LogP contribution is 2.61. The lowest BCUT2D eigenvalue weighted by atomic mass is 9.54. The van der Waals surface area contributed by atoms with Crippen molar-refractivity contribution in [2.24, 2.45) is 10.8 Å². The molecular weight excluding hydrogens is 312 g/mol. The quantitative estimate of drug-likeness (QED) is 0.644. The van der Waals surface area contributed by atoms with E-state index in [0.717, 1.165) is 4.90 Å². The van der Waals surface area contributed by atoms with Crippen molar-refractivity contribution in [3.05, 3.63) is 65.7 Å². The van der Waals surface area contributed by atoms with Crippen molar-refractivity contribution in [3.63, 3.8) is 0 Å². The molecule has 2 aromatic carbocycles. The van der Waals surface area contributed by atoms with E-state index in [1.54, 1.807) is 0 Å². The summed E-state index contributed by atoms with van der Waals surface area (Å²) in [6.07, 6.45) is 0. The van der Waals surface area contributed by atoms with Crippen molar-refractivity contribution in [2.75, 3.05) is 0 Å². The van der Waals surface area contributed by atoms with Crippen LogP contribution in [0.5, 0.6) is 0 Å². The Kier molecular flexibility index (Phi) is 4.03. The Balaban J connectivity index is 2.39. The minimum absolute atomic E-state index is 0.0554. The van der Waals surface area contributed by atoms with Crippen LogP contribution in [0.2, 0.25) is 0 Å². The molecule has 1 aliphatic heterocycles. The third-order valence-corrected chi connectivity index (χ3v) is 9.07. The van der Waals surface area contributed by atoms with Gasteiger partial charge in [0.1, 0.15) is 0 Å². The average Bonchev–Trinajstić information content (AvgIpc) is 2.57. The van der Waals surface area contributed by atoms with Gasteiger partial charge in [-0.3, -0.25) is 4.21 Å². The molecule has 0 radical (unpaired) electrons. The van der Waals surface area contributed by atoms with Crippen LogP contribution < -0.4 is 0 Å². The molecule has 2 unspecified atom stereocenters. The first kappa shape index (κ1) is 17.4. The highest BCUT2D eigenvalue weighted by molar-refractivity contribution is 7.86. The van der Waals surface area contributed by atoms with E-state index in [2.05, 4.69) is 90.1 Å². The van der Waals surface area contributed by atoms with Gasteiger partial charge in [-0.15, -0.1) is 0 Å². The molecular formula is C22H28OS. The Morgan fingerprint density at radius 1 is 0.792 bits per heavy atom. The average molecular weight is 341 g/mol. The lowest BCUT2D eigenvalue weighted by molar-refractivity contribution is 0.0579. The number of hydrogen-bond acceptors (Lipinski definition) is 1. The first-order valence-corrected chi connectivity index (χ1v) is 9.83. The fraction of sp³-hybridized carbons (Fsp3) is 0.455. The summed E-state index contributed by atoms with van der Waals surface area (Å²) >= 11 is 0. The fourth-order valence-corrected chi connectivity index (χ4v) is 6.04. The Morgan fingerprint density at radius 2 is 1.33 bits per heavy atom. The van der Waals surface area contributed by atoms with Gasteiger partial charge in [-0.1, -0.05) is 76.2 Å². The van der Waals surface area contributed by atoms with Crippen molar-refractivity contribution in [1.29, 1.82) is 0 Å². The van der Waals surface area contributed by atoms with Crippen LogP contribution in [0, 0.1) is 10.8 Å². The van der Waals surface area contributed by atoms with Crippen molar-refractivity contribution >= 4 is 10.8 Å². The topological polar surface area (TPSA) is 17.1 Å². The van der Waals surface area contributed by atoms with Gasteiger partial charge in [0.05, 0.1) is 15.5 Å². The summed E-state index contributed by atoms with van der Waals surface area (Å²) in [5.41, 5.74) is 2.34. The molecule has 0 bridgehead atoms. The van der Waals surface area contributed by atoms with Crippen molar-refractivity contribution < 1.29 is 4.21 Å². The van der Waals surface area contributed by atoms with E-state index in [4.69, 9.17) is 0 Å². The van der Waals surface area contributed by atoms with Gasteiger partial charge in [0.15, 0.2) is 0 Å². The molecule has 2 atom stereocenters. The molecule has 0 saturated heterocycles. The zero-order chi connectivity index (χ0) is 17.8. The van der Waals surface area contributed by atoms with Gasteiger partial charge >= 0.3 is 0 Å². The van der Waals surface area contributed by atoms with Gasteiger partial charge in [0.2, 0.25) is 0 Å². The zero-order valence-corrected chi connectivity index (χ0v) is 16.4. The highest BCUT2D eigenvalue weighted by Gasteiger charge is 2.57. The number of fused-ring (bicyclic) bond motifs is 1. The van der Waals surface area contributed by atoms with Crippen molar-refractivity contribution in [2.45, 2.75) is 57.1 Å². The van der Waals surface area contributed by atoms with Crippen LogP contribution in [0.1, 0.15) is 58.6 Å². The maximum Gasteiger partial charge on any atom is 0.0595 e. The molecule has 2 aromatic rings. The normalized spacial score (nSPS) is 27.1. The largest absolute Gasteiger partial charge is 0.254 e. The molecule has 0 N–H and O–H groups in total. The lowest BCUT2D eigenvalue weighted by Crippen LogP contribution is -2.52. The summed E-state index contributed by atoms with van der Waals surface area (Å²) < 4.78 is 13.2. The monoisotopic (exact) mass is 340 g/mol. The molecule has 1 heterocycles. The van der Waals surface area contributed by atoms with Crippen LogP contribution in [0.3, 0.4) is 0 Å². The van der Waals surface area contributed by atoms with Gasteiger partial charge in [-0.25, -0.2) is 0 Å². The molecule has 1 nitrogen and oxygen atoms in total. The maximum atomic E-state index is 13.5. The molecule has 0 amide bonds. The van der Waals surface area contributed by atoms with Crippen LogP contribution in [-0.4, -0.2) is 8.96 Å². The minimum Gasteiger partial charge on any atom is -0.254 e. The molecule has 0 aromatic heterocycles. The van der Waals surface area contributed by atoms with Crippen LogP contribution in [0.25, 0.3) is 0 Å². The zero-order valence-electron chi connectivity index (χ0n) is 15.6. The summed E-state index contributed by atoms with van der Waals surface area (Å²) in [6, 6.07) is 19.0. The predicted octanol–water partition coefficient (Wildman–Crippen LogP) is 5.77. The minimum atomic E-state index is -1.05. The van der Waals surface area contributed by atoms with E-state index in [1.165, 1.54) is 11.1 Å². The van der Waals surface area contributed by atoms with Gasteiger partial charge in [0.25, 0.3) is 0 Å². The smallest absolute Gasteiger partial charge is 0.0595 e. The Hall–Kier alpha value is -1.41. The third-order valence-electron chi connectivity index (χ3n) is 6.86. The first-order valence-electron chi connectivity index (χ1n) is 8.68. The Labute approximate surface area is 149 Å². The lowest BCUT2D eigenvalue weighted by Gasteiger charge is -2.52. The summed E-state index contributed by atoms with van der Waals surface area (Å²) in [6.45, 7) is 13.6. The molecule has 24 heavy (non-hydrogen) atoms. The first-order chi connectivity index (χ1) is 11.1. The number of hydrogen-bond donors (Lipinski definition) is 0. The van der Waals surface area contributed by atoms with E-state index in [9.17, 15) is 4.21 Å². The summed E-state index contributed by atoms with van der Waals surface area (Å²) in [5.74, 6) is 0.218. The molecule has 2 heteroatoms. The molecule has 1 aliphatic rings. The van der Waals surface area contributed by atoms with Gasteiger partial charge in [0, 0.05) is 10.8 Å². The summed E-state index contributed by atoms with van der Waals surface area (Å²) in [4.78, 5) is 0.995. The SMILES string of the molecule is CC1(C)C(c2ccccc2)c2ccccc2S(=O)C(C)(C)C1(C)C. The second kappa shape index (κ2) is 5.56. The highest BCUT2D eigenvalue weighted by atomic mass is 32.2. The van der Waals surface area contributed by atoms with E-state index >= 15 is 0 Å². The van der Waals surface area contributed by atoms with Gasteiger partial charge < -0.3 is 0 Å². The van der Waals surface area contributed by atoms with Crippen LogP contribution >= 0.6 is 0 Å². The molecule has 3 rings (SSSR count). The molecule has 128 valence electrons. The van der Waals surface area contributed by atoms with Crippen LogP contribution in [0.4, 0.5) is 0 Å². The van der Waals surface area contributed by atoms with Crippen molar-refractivity contribution in [3.8, 4) is 0 Å². The molecule has 0 fully saturated rings. The van der Waals surface area contributed by atoms with E-state index < -0.39 is 10.8 Å². The summed E-state index contributed by atoms with van der Waals surface area (Å²) in [5, 5.41) is 0. The van der Waals surface area contributed by atoms with Crippen molar-refractivity contribution in [1.82, 2.24) is 0 Å². The molecule has 0 aliphatic carbocycles. The van der Waals surface area contributed by atoms with Gasteiger partial charge in [-0.05, 0) is 41.9 Å².